The molecule has 0 heterocycles. The van der Waals surface area contributed by atoms with Gasteiger partial charge in [-0.25, -0.2) is 0 Å². The minimum Gasteiger partial charge on any atom is -0.293 e. The Morgan fingerprint density at radius 2 is 1.29 bits per heavy atom. The Kier molecular flexibility index (Phi) is 10.3. The van der Waals surface area contributed by atoms with Gasteiger partial charge in [0, 0.05) is 5.75 Å². The van der Waals surface area contributed by atoms with Gasteiger partial charge in [-0.15, -0.1) is 0 Å². The van der Waals surface area contributed by atoms with Crippen molar-refractivity contribution in [3.63, 3.8) is 0 Å². The summed E-state index contributed by atoms with van der Waals surface area (Å²) in [6.07, 6.45) is 3.59. The first-order valence-corrected chi connectivity index (χ1v) is 8.49. The van der Waals surface area contributed by atoms with Gasteiger partial charge >= 0.3 is 0 Å². The lowest BCUT2D eigenvalue weighted by atomic mass is 10.0. The zero-order chi connectivity index (χ0) is 13.1. The van der Waals surface area contributed by atoms with Crippen LogP contribution in [0.1, 0.15) is 53.9 Å². The third-order valence-corrected chi connectivity index (χ3v) is 5.27. The topological polar surface area (TPSA) is 27.7 Å². The largest absolute Gasteiger partial charge is 0.293 e. The first-order chi connectivity index (χ1) is 8.17. The van der Waals surface area contributed by atoms with Crippen molar-refractivity contribution in [1.82, 2.24) is 0 Å². The average Bonchev–Trinajstić information content (AvgIpc) is 2.29. The summed E-state index contributed by atoms with van der Waals surface area (Å²) in [5.74, 6) is 1.55. The highest BCUT2D eigenvalue weighted by Gasteiger charge is 2.29. The standard InChI is InChI=1S/C13H30O3S/c1-6-11-13(7-2)12-17(14-8-3,15-9-4)16-10-5/h13H,6-12H2,1-5H3. The van der Waals surface area contributed by atoms with Crippen LogP contribution in [0.15, 0.2) is 0 Å². The highest BCUT2D eigenvalue weighted by molar-refractivity contribution is 8.21. The number of rotatable bonds is 11. The quantitative estimate of drug-likeness (QED) is 0.552. The lowest BCUT2D eigenvalue weighted by Crippen LogP contribution is -2.21. The van der Waals surface area contributed by atoms with E-state index >= 15 is 0 Å². The monoisotopic (exact) mass is 266 g/mol. The second-order valence-electron chi connectivity index (χ2n) is 4.01. The van der Waals surface area contributed by atoms with Crippen molar-refractivity contribution in [3.05, 3.63) is 0 Å². The SMILES string of the molecule is CCCC(CC)CS(OCC)(OCC)OCC. The molecule has 0 saturated heterocycles. The van der Waals surface area contributed by atoms with E-state index in [2.05, 4.69) is 13.8 Å². The van der Waals surface area contributed by atoms with Gasteiger partial charge in [0.2, 0.25) is 0 Å². The normalized spacial score (nSPS) is 14.9. The third kappa shape index (κ3) is 6.65. The molecule has 1 atom stereocenters. The molecular weight excluding hydrogens is 236 g/mol. The molecule has 0 aliphatic carbocycles. The maximum absolute atomic E-state index is 5.83. The van der Waals surface area contributed by atoms with Crippen molar-refractivity contribution in [2.75, 3.05) is 25.6 Å². The number of hydrogen-bond donors (Lipinski definition) is 0. The second-order valence-corrected chi connectivity index (χ2v) is 6.16. The Balaban J connectivity index is 4.59. The summed E-state index contributed by atoms with van der Waals surface area (Å²) in [6.45, 7) is 12.4. The molecule has 0 aromatic heterocycles. The molecule has 106 valence electrons. The van der Waals surface area contributed by atoms with Gasteiger partial charge in [0.25, 0.3) is 0 Å². The fraction of sp³-hybridized carbons (Fsp3) is 1.00. The number of hydrogen-bond acceptors (Lipinski definition) is 3. The van der Waals surface area contributed by atoms with Gasteiger partial charge in [-0.2, -0.15) is 0 Å². The predicted molar refractivity (Wildman–Crippen MR) is 76.0 cm³/mol. The molecule has 1 unspecified atom stereocenters. The maximum Gasteiger partial charge on any atom is 0.0890 e. The van der Waals surface area contributed by atoms with Gasteiger partial charge in [-0.3, -0.25) is 12.5 Å². The molecule has 0 aromatic carbocycles. The second kappa shape index (κ2) is 10.2. The van der Waals surface area contributed by atoms with Gasteiger partial charge in [0.15, 0.2) is 0 Å². The first kappa shape index (κ1) is 17.2. The molecule has 0 bridgehead atoms. The van der Waals surface area contributed by atoms with Crippen LogP contribution in [0, 0.1) is 5.92 Å². The molecule has 0 fully saturated rings. The van der Waals surface area contributed by atoms with Crippen molar-refractivity contribution in [2.45, 2.75) is 53.9 Å². The fourth-order valence-corrected chi connectivity index (χ4v) is 4.44. The van der Waals surface area contributed by atoms with Crippen LogP contribution in [0.2, 0.25) is 0 Å². The van der Waals surface area contributed by atoms with E-state index in [4.69, 9.17) is 12.5 Å². The molecule has 0 radical (unpaired) electrons. The Morgan fingerprint density at radius 3 is 1.59 bits per heavy atom. The van der Waals surface area contributed by atoms with Crippen molar-refractivity contribution >= 4 is 10.9 Å². The lowest BCUT2D eigenvalue weighted by molar-refractivity contribution is 0.181. The molecule has 17 heavy (non-hydrogen) atoms. The third-order valence-electron chi connectivity index (χ3n) is 2.61. The lowest BCUT2D eigenvalue weighted by Gasteiger charge is -2.39. The van der Waals surface area contributed by atoms with Gasteiger partial charge in [0.05, 0.1) is 30.7 Å². The van der Waals surface area contributed by atoms with Crippen LogP contribution in [0.4, 0.5) is 0 Å². The Bertz CT molecular complexity index is 159. The van der Waals surface area contributed by atoms with E-state index in [1.165, 1.54) is 12.8 Å². The van der Waals surface area contributed by atoms with Crippen molar-refractivity contribution < 1.29 is 12.5 Å². The summed E-state index contributed by atoms with van der Waals surface area (Å²) in [5.41, 5.74) is 0. The van der Waals surface area contributed by atoms with Gasteiger partial charge in [-0.05, 0) is 33.1 Å². The summed E-state index contributed by atoms with van der Waals surface area (Å²) in [5, 5.41) is 0. The Hall–Kier alpha value is 0.230. The summed E-state index contributed by atoms with van der Waals surface area (Å²) in [6, 6.07) is 0. The molecule has 0 aliphatic heterocycles. The van der Waals surface area contributed by atoms with Crippen LogP contribution >= 0.6 is 10.9 Å². The molecule has 0 aromatic rings. The maximum atomic E-state index is 5.83. The molecule has 0 aliphatic rings. The van der Waals surface area contributed by atoms with Crippen LogP contribution in [-0.2, 0) is 12.5 Å². The Morgan fingerprint density at radius 1 is 0.824 bits per heavy atom. The van der Waals surface area contributed by atoms with E-state index in [-0.39, 0.29) is 0 Å². The molecular formula is C13H30O3S. The zero-order valence-corrected chi connectivity index (χ0v) is 13.0. The van der Waals surface area contributed by atoms with E-state index in [0.717, 1.165) is 12.2 Å². The van der Waals surface area contributed by atoms with Crippen LogP contribution in [0.3, 0.4) is 0 Å². The van der Waals surface area contributed by atoms with E-state index < -0.39 is 10.9 Å². The summed E-state index contributed by atoms with van der Waals surface area (Å²) >= 11 is 0. The average molecular weight is 266 g/mol. The van der Waals surface area contributed by atoms with Crippen molar-refractivity contribution in [2.24, 2.45) is 5.92 Å². The van der Waals surface area contributed by atoms with Crippen molar-refractivity contribution in [3.8, 4) is 0 Å². The van der Waals surface area contributed by atoms with E-state index in [1.54, 1.807) is 0 Å². The highest BCUT2D eigenvalue weighted by atomic mass is 32.3. The molecule has 0 N–H and O–H groups in total. The molecule has 4 heteroatoms. The fourth-order valence-electron chi connectivity index (χ4n) is 1.89. The van der Waals surface area contributed by atoms with Crippen LogP contribution in [0.5, 0.6) is 0 Å². The predicted octanol–water partition coefficient (Wildman–Crippen LogP) is 4.47. The minimum absolute atomic E-state index is 0.639. The van der Waals surface area contributed by atoms with E-state index in [0.29, 0.717) is 25.7 Å². The highest BCUT2D eigenvalue weighted by Crippen LogP contribution is 2.53. The molecule has 0 rings (SSSR count). The first-order valence-electron chi connectivity index (χ1n) is 6.91. The summed E-state index contributed by atoms with van der Waals surface area (Å²) in [4.78, 5) is 0. The van der Waals surface area contributed by atoms with E-state index in [9.17, 15) is 0 Å². The van der Waals surface area contributed by atoms with Crippen LogP contribution in [-0.4, -0.2) is 25.6 Å². The zero-order valence-electron chi connectivity index (χ0n) is 12.2. The van der Waals surface area contributed by atoms with Gasteiger partial charge in [-0.1, -0.05) is 26.7 Å². The van der Waals surface area contributed by atoms with E-state index in [1.807, 2.05) is 20.8 Å². The Labute approximate surface area is 109 Å². The molecule has 0 spiro atoms. The minimum atomic E-state index is -1.78. The van der Waals surface area contributed by atoms with Gasteiger partial charge in [0.1, 0.15) is 0 Å². The van der Waals surface area contributed by atoms with Crippen LogP contribution in [0.25, 0.3) is 0 Å². The molecule has 3 nitrogen and oxygen atoms in total. The van der Waals surface area contributed by atoms with Crippen molar-refractivity contribution in [1.29, 1.82) is 0 Å². The summed E-state index contributed by atoms with van der Waals surface area (Å²) < 4.78 is 17.5. The summed E-state index contributed by atoms with van der Waals surface area (Å²) in [7, 11) is -1.78. The van der Waals surface area contributed by atoms with Crippen LogP contribution < -0.4 is 0 Å². The van der Waals surface area contributed by atoms with Gasteiger partial charge < -0.3 is 0 Å². The smallest absolute Gasteiger partial charge is 0.0890 e. The molecule has 0 amide bonds. The molecule has 0 saturated carbocycles.